The van der Waals surface area contributed by atoms with Gasteiger partial charge in [-0.15, -0.1) is 5.10 Å². The molecule has 1 aromatic heterocycles. The molecule has 0 saturated carbocycles. The van der Waals surface area contributed by atoms with Crippen molar-refractivity contribution in [1.29, 1.82) is 0 Å². The molecule has 118 valence electrons. The van der Waals surface area contributed by atoms with E-state index in [0.29, 0.717) is 12.2 Å². The zero-order valence-corrected chi connectivity index (χ0v) is 13.2. The number of benzene rings is 2. The van der Waals surface area contributed by atoms with Crippen molar-refractivity contribution in [3.05, 3.63) is 77.1 Å². The number of methoxy groups -OCH3 is 1. The van der Waals surface area contributed by atoms with Crippen molar-refractivity contribution in [1.82, 2.24) is 15.0 Å². The number of aliphatic hydroxyl groups excluding tert-OH is 1. The van der Waals surface area contributed by atoms with Crippen molar-refractivity contribution in [2.24, 2.45) is 0 Å². The van der Waals surface area contributed by atoms with Gasteiger partial charge in [0.15, 0.2) is 0 Å². The first-order chi connectivity index (χ1) is 11.2. The van der Waals surface area contributed by atoms with Gasteiger partial charge in [-0.3, -0.25) is 0 Å². The maximum Gasteiger partial charge on any atom is 0.124 e. The van der Waals surface area contributed by atoms with Crippen molar-refractivity contribution < 1.29 is 9.84 Å². The number of ether oxygens (including phenoxy) is 1. The highest BCUT2D eigenvalue weighted by molar-refractivity contribution is 5.29. The molecule has 23 heavy (non-hydrogen) atoms. The Labute approximate surface area is 135 Å². The third-order valence-electron chi connectivity index (χ3n) is 3.71. The lowest BCUT2D eigenvalue weighted by molar-refractivity contribution is 0.215. The number of aliphatic hydroxyl groups is 1. The Morgan fingerprint density at radius 1 is 1.17 bits per heavy atom. The second kappa shape index (κ2) is 6.62. The minimum absolute atomic E-state index is 0.539. The van der Waals surface area contributed by atoms with Crippen LogP contribution in [0.15, 0.2) is 54.7 Å². The zero-order chi connectivity index (χ0) is 16.2. The number of nitrogens with zero attached hydrogens (tertiary/aromatic N) is 3. The fourth-order valence-electron chi connectivity index (χ4n) is 2.39. The summed E-state index contributed by atoms with van der Waals surface area (Å²) in [5.41, 5.74) is 3.56. The van der Waals surface area contributed by atoms with E-state index in [1.54, 1.807) is 18.0 Å². The van der Waals surface area contributed by atoms with Crippen LogP contribution in [0.2, 0.25) is 0 Å². The van der Waals surface area contributed by atoms with Crippen LogP contribution >= 0.6 is 0 Å². The lowest BCUT2D eigenvalue weighted by atomic mass is 10.1. The Morgan fingerprint density at radius 3 is 2.70 bits per heavy atom. The van der Waals surface area contributed by atoms with Crippen LogP contribution < -0.4 is 4.74 Å². The molecule has 0 aliphatic heterocycles. The van der Waals surface area contributed by atoms with Crippen molar-refractivity contribution in [2.75, 3.05) is 7.11 Å². The van der Waals surface area contributed by atoms with E-state index >= 15 is 0 Å². The number of aryl methyl sites for hydroxylation is 1. The van der Waals surface area contributed by atoms with Gasteiger partial charge in [0.05, 0.1) is 19.9 Å². The SMILES string of the molecule is COc1cccc(Cn2cc(C(O)c3ccc(C)cc3)nn2)c1. The molecular weight excluding hydrogens is 290 g/mol. The molecule has 0 amide bonds. The molecule has 3 aromatic rings. The quantitative estimate of drug-likeness (QED) is 0.787. The van der Waals surface area contributed by atoms with Gasteiger partial charge in [0.2, 0.25) is 0 Å². The van der Waals surface area contributed by atoms with Crippen LogP contribution in [0, 0.1) is 6.92 Å². The lowest BCUT2D eigenvalue weighted by Crippen LogP contribution is -2.01. The van der Waals surface area contributed by atoms with Gasteiger partial charge >= 0.3 is 0 Å². The molecule has 0 bridgehead atoms. The average Bonchev–Trinajstić information content (AvgIpc) is 3.03. The van der Waals surface area contributed by atoms with E-state index in [1.165, 1.54) is 0 Å². The molecule has 3 rings (SSSR count). The molecule has 2 aromatic carbocycles. The third kappa shape index (κ3) is 3.57. The van der Waals surface area contributed by atoms with E-state index in [9.17, 15) is 5.11 Å². The summed E-state index contributed by atoms with van der Waals surface area (Å²) in [6, 6.07) is 15.5. The van der Waals surface area contributed by atoms with E-state index < -0.39 is 6.10 Å². The predicted octanol–water partition coefficient (Wildman–Crippen LogP) is 2.73. The Bertz CT molecular complexity index is 781. The van der Waals surface area contributed by atoms with E-state index in [0.717, 1.165) is 22.4 Å². The second-order valence-electron chi connectivity index (χ2n) is 5.51. The summed E-state index contributed by atoms with van der Waals surface area (Å²) in [7, 11) is 1.64. The first-order valence-corrected chi connectivity index (χ1v) is 7.43. The van der Waals surface area contributed by atoms with Crippen LogP contribution in [0.1, 0.15) is 28.5 Å². The summed E-state index contributed by atoms with van der Waals surface area (Å²) in [5.74, 6) is 0.808. The van der Waals surface area contributed by atoms with Gasteiger partial charge in [-0.05, 0) is 30.2 Å². The molecule has 0 aliphatic rings. The Hall–Kier alpha value is -2.66. The fraction of sp³-hybridized carbons (Fsp3) is 0.222. The Balaban J connectivity index is 1.75. The molecule has 0 radical (unpaired) electrons. The van der Waals surface area contributed by atoms with Crippen LogP contribution in [0.5, 0.6) is 5.75 Å². The topological polar surface area (TPSA) is 60.2 Å². The minimum Gasteiger partial charge on any atom is -0.497 e. The minimum atomic E-state index is -0.769. The van der Waals surface area contributed by atoms with Crippen LogP contribution in [0.4, 0.5) is 0 Å². The highest BCUT2D eigenvalue weighted by atomic mass is 16.5. The third-order valence-corrected chi connectivity index (χ3v) is 3.71. The number of hydrogen-bond donors (Lipinski definition) is 1. The van der Waals surface area contributed by atoms with Crippen molar-refractivity contribution in [2.45, 2.75) is 19.6 Å². The maximum atomic E-state index is 10.4. The van der Waals surface area contributed by atoms with Crippen molar-refractivity contribution >= 4 is 0 Å². The molecule has 0 spiro atoms. The lowest BCUT2D eigenvalue weighted by Gasteiger charge is -2.07. The largest absolute Gasteiger partial charge is 0.497 e. The van der Waals surface area contributed by atoms with Crippen LogP contribution in [-0.2, 0) is 6.54 Å². The summed E-state index contributed by atoms with van der Waals surface area (Å²) in [5, 5.41) is 18.6. The molecule has 5 nitrogen and oxygen atoms in total. The van der Waals surface area contributed by atoms with Crippen LogP contribution in [0.3, 0.4) is 0 Å². The molecule has 1 N–H and O–H groups in total. The molecule has 0 fully saturated rings. The smallest absolute Gasteiger partial charge is 0.124 e. The van der Waals surface area contributed by atoms with Gasteiger partial charge in [0.1, 0.15) is 17.5 Å². The molecule has 1 atom stereocenters. The number of hydrogen-bond acceptors (Lipinski definition) is 4. The normalized spacial score (nSPS) is 12.1. The summed E-state index contributed by atoms with van der Waals surface area (Å²) in [6.45, 7) is 2.59. The molecule has 0 aliphatic carbocycles. The van der Waals surface area contributed by atoms with Crippen molar-refractivity contribution in [3.63, 3.8) is 0 Å². The van der Waals surface area contributed by atoms with Gasteiger partial charge in [-0.25, -0.2) is 4.68 Å². The second-order valence-corrected chi connectivity index (χ2v) is 5.51. The predicted molar refractivity (Wildman–Crippen MR) is 87.4 cm³/mol. The van der Waals surface area contributed by atoms with E-state index in [1.807, 2.05) is 55.5 Å². The zero-order valence-electron chi connectivity index (χ0n) is 13.2. The standard InChI is InChI=1S/C18H19N3O2/c1-13-6-8-15(9-7-13)18(22)17-12-21(20-19-17)11-14-4-3-5-16(10-14)23-2/h3-10,12,18,22H,11H2,1-2H3. The average molecular weight is 309 g/mol. The first kappa shape index (κ1) is 15.2. The fourth-order valence-corrected chi connectivity index (χ4v) is 2.39. The molecular formula is C18H19N3O2. The molecule has 0 saturated heterocycles. The van der Waals surface area contributed by atoms with E-state index in [2.05, 4.69) is 10.3 Å². The van der Waals surface area contributed by atoms with Crippen LogP contribution in [0.25, 0.3) is 0 Å². The van der Waals surface area contributed by atoms with Gasteiger partial charge in [-0.1, -0.05) is 47.2 Å². The van der Waals surface area contributed by atoms with Gasteiger partial charge in [-0.2, -0.15) is 0 Å². The summed E-state index contributed by atoms with van der Waals surface area (Å²) >= 11 is 0. The monoisotopic (exact) mass is 309 g/mol. The molecule has 1 unspecified atom stereocenters. The Kier molecular flexibility index (Phi) is 4.39. The number of aromatic nitrogens is 3. The summed E-state index contributed by atoms with van der Waals surface area (Å²) < 4.78 is 6.93. The van der Waals surface area contributed by atoms with Crippen molar-refractivity contribution in [3.8, 4) is 5.75 Å². The van der Waals surface area contributed by atoms with Gasteiger partial charge < -0.3 is 9.84 Å². The highest BCUT2D eigenvalue weighted by Gasteiger charge is 2.14. The molecule has 1 heterocycles. The Morgan fingerprint density at radius 2 is 1.96 bits per heavy atom. The van der Waals surface area contributed by atoms with E-state index in [4.69, 9.17) is 4.74 Å². The maximum absolute atomic E-state index is 10.4. The van der Waals surface area contributed by atoms with E-state index in [-0.39, 0.29) is 0 Å². The van der Waals surface area contributed by atoms with Crippen LogP contribution in [-0.4, -0.2) is 27.2 Å². The summed E-state index contributed by atoms with van der Waals surface area (Å²) in [6.07, 6.45) is 0.999. The molecule has 5 heteroatoms. The first-order valence-electron chi connectivity index (χ1n) is 7.43. The van der Waals surface area contributed by atoms with Gasteiger partial charge in [0, 0.05) is 0 Å². The summed E-state index contributed by atoms with van der Waals surface area (Å²) in [4.78, 5) is 0. The highest BCUT2D eigenvalue weighted by Crippen LogP contribution is 2.20. The number of rotatable bonds is 5. The van der Waals surface area contributed by atoms with Gasteiger partial charge in [0.25, 0.3) is 0 Å².